The molecule has 4 nitrogen and oxygen atoms in total. The molecule has 1 aliphatic carbocycles. The van der Waals surface area contributed by atoms with Gasteiger partial charge in [-0.25, -0.2) is 0 Å². The van der Waals surface area contributed by atoms with Gasteiger partial charge in [0, 0.05) is 7.11 Å². The van der Waals surface area contributed by atoms with Gasteiger partial charge >= 0.3 is 0 Å². The van der Waals surface area contributed by atoms with E-state index in [0.29, 0.717) is 19.1 Å². The fourth-order valence-corrected chi connectivity index (χ4v) is 4.73. The van der Waals surface area contributed by atoms with Crippen molar-refractivity contribution in [3.05, 3.63) is 71.8 Å². The van der Waals surface area contributed by atoms with Gasteiger partial charge in [-0.05, 0) is 23.5 Å². The van der Waals surface area contributed by atoms with Crippen molar-refractivity contribution >= 4 is 0 Å². The SMILES string of the molecule is CO[C@H]1O[C@H](CC2CCCCC2)[C@@H](OCc2ccccc2)[C@H]1OCc1ccccc1. The van der Waals surface area contributed by atoms with Crippen LogP contribution < -0.4 is 0 Å². The molecule has 2 aliphatic rings. The van der Waals surface area contributed by atoms with Gasteiger partial charge in [0.15, 0.2) is 6.29 Å². The summed E-state index contributed by atoms with van der Waals surface area (Å²) in [6, 6.07) is 20.6. The second-order valence-corrected chi connectivity index (χ2v) is 8.54. The quantitative estimate of drug-likeness (QED) is 0.547. The van der Waals surface area contributed by atoms with E-state index in [4.69, 9.17) is 18.9 Å². The van der Waals surface area contributed by atoms with Crippen LogP contribution in [0, 0.1) is 5.92 Å². The molecule has 162 valence electrons. The highest BCUT2D eigenvalue weighted by Crippen LogP contribution is 2.36. The summed E-state index contributed by atoms with van der Waals surface area (Å²) in [6.07, 6.45) is 6.84. The highest BCUT2D eigenvalue weighted by atomic mass is 16.7. The fraction of sp³-hybridized carbons (Fsp3) is 0.538. The number of hydrogen-bond donors (Lipinski definition) is 0. The van der Waals surface area contributed by atoms with Gasteiger partial charge in [-0.1, -0.05) is 92.8 Å². The van der Waals surface area contributed by atoms with Crippen LogP contribution in [-0.2, 0) is 32.2 Å². The molecule has 0 amide bonds. The van der Waals surface area contributed by atoms with Crippen LogP contribution in [0.25, 0.3) is 0 Å². The molecule has 4 atom stereocenters. The minimum atomic E-state index is -0.400. The topological polar surface area (TPSA) is 36.9 Å². The van der Waals surface area contributed by atoms with Crippen LogP contribution in [-0.4, -0.2) is 31.7 Å². The van der Waals surface area contributed by atoms with Crippen LogP contribution in [0.5, 0.6) is 0 Å². The standard InChI is InChI=1S/C26H34O4/c1-27-26-25(29-19-22-15-9-4-10-16-22)24(28-18-21-13-7-3-8-14-21)23(30-26)17-20-11-5-2-6-12-20/h3-4,7-10,13-16,20,23-26H,2,5-6,11-12,17-19H2,1H3/t23-,24-,25-,26+/m1/s1. The summed E-state index contributed by atoms with van der Waals surface area (Å²) in [5.41, 5.74) is 2.31. The Bertz CT molecular complexity index is 729. The van der Waals surface area contributed by atoms with Crippen LogP contribution in [0.3, 0.4) is 0 Å². The van der Waals surface area contributed by atoms with Gasteiger partial charge in [-0.3, -0.25) is 0 Å². The van der Waals surface area contributed by atoms with Crippen molar-refractivity contribution in [2.24, 2.45) is 5.92 Å². The molecule has 0 spiro atoms. The summed E-state index contributed by atoms with van der Waals surface area (Å²) in [5, 5.41) is 0. The van der Waals surface area contributed by atoms with Crippen molar-refractivity contribution < 1.29 is 18.9 Å². The highest BCUT2D eigenvalue weighted by Gasteiger charge is 2.47. The molecule has 4 heteroatoms. The maximum atomic E-state index is 6.45. The first kappa shape index (κ1) is 21.5. The zero-order valence-corrected chi connectivity index (χ0v) is 18.0. The predicted molar refractivity (Wildman–Crippen MR) is 117 cm³/mol. The Morgan fingerprint density at radius 2 is 1.33 bits per heavy atom. The normalized spacial score (nSPS) is 27.4. The van der Waals surface area contributed by atoms with Crippen molar-refractivity contribution in [1.82, 2.24) is 0 Å². The number of benzene rings is 2. The molecule has 2 fully saturated rings. The molecule has 2 aromatic rings. The lowest BCUT2D eigenvalue weighted by molar-refractivity contribution is -0.167. The first-order valence-corrected chi connectivity index (χ1v) is 11.3. The molecule has 0 N–H and O–H groups in total. The lowest BCUT2D eigenvalue weighted by Gasteiger charge is -2.28. The van der Waals surface area contributed by atoms with Crippen molar-refractivity contribution in [1.29, 1.82) is 0 Å². The Labute approximate surface area is 180 Å². The molecule has 0 unspecified atom stereocenters. The highest BCUT2D eigenvalue weighted by molar-refractivity contribution is 5.14. The molecule has 0 bridgehead atoms. The van der Waals surface area contributed by atoms with Crippen molar-refractivity contribution in [2.75, 3.05) is 7.11 Å². The van der Waals surface area contributed by atoms with Crippen LogP contribution in [0.2, 0.25) is 0 Å². The molecule has 4 rings (SSSR count). The van der Waals surface area contributed by atoms with Gasteiger partial charge in [0.1, 0.15) is 12.2 Å². The third-order valence-corrected chi connectivity index (χ3v) is 6.36. The maximum absolute atomic E-state index is 6.45. The van der Waals surface area contributed by atoms with Gasteiger partial charge < -0.3 is 18.9 Å². The van der Waals surface area contributed by atoms with Gasteiger partial charge in [-0.2, -0.15) is 0 Å². The third-order valence-electron chi connectivity index (χ3n) is 6.36. The zero-order valence-electron chi connectivity index (χ0n) is 18.0. The smallest absolute Gasteiger partial charge is 0.186 e. The molecule has 1 saturated carbocycles. The summed E-state index contributed by atoms with van der Waals surface area (Å²) < 4.78 is 24.8. The first-order valence-electron chi connectivity index (χ1n) is 11.3. The summed E-state index contributed by atoms with van der Waals surface area (Å²) in [5.74, 6) is 0.706. The first-order chi connectivity index (χ1) is 14.8. The lowest BCUT2D eigenvalue weighted by Crippen LogP contribution is -2.38. The van der Waals surface area contributed by atoms with Crippen molar-refractivity contribution in [2.45, 2.75) is 76.3 Å². The monoisotopic (exact) mass is 410 g/mol. The molecule has 30 heavy (non-hydrogen) atoms. The molecular formula is C26H34O4. The number of rotatable bonds is 9. The fourth-order valence-electron chi connectivity index (χ4n) is 4.73. The summed E-state index contributed by atoms with van der Waals surface area (Å²) in [6.45, 7) is 1.08. The van der Waals surface area contributed by atoms with E-state index in [1.165, 1.54) is 32.1 Å². The Morgan fingerprint density at radius 3 is 1.90 bits per heavy atom. The molecule has 1 saturated heterocycles. The van der Waals surface area contributed by atoms with E-state index in [0.717, 1.165) is 17.5 Å². The Kier molecular flexibility index (Phi) is 7.93. The minimum absolute atomic E-state index is 0.00235. The van der Waals surface area contributed by atoms with Crippen LogP contribution in [0.4, 0.5) is 0 Å². The van der Waals surface area contributed by atoms with Crippen molar-refractivity contribution in [3.8, 4) is 0 Å². The van der Waals surface area contributed by atoms with Gasteiger partial charge in [0.05, 0.1) is 19.3 Å². The van der Waals surface area contributed by atoms with E-state index in [1.807, 2.05) is 36.4 Å². The summed E-state index contributed by atoms with van der Waals surface area (Å²) >= 11 is 0. The van der Waals surface area contributed by atoms with Crippen molar-refractivity contribution in [3.63, 3.8) is 0 Å². The summed E-state index contributed by atoms with van der Waals surface area (Å²) in [7, 11) is 1.70. The van der Waals surface area contributed by atoms with E-state index in [-0.39, 0.29) is 18.3 Å². The van der Waals surface area contributed by atoms with Gasteiger partial charge in [0.25, 0.3) is 0 Å². The Morgan fingerprint density at radius 1 is 0.767 bits per heavy atom. The number of ether oxygens (including phenoxy) is 4. The Hall–Kier alpha value is -1.72. The Balaban J connectivity index is 1.46. The zero-order chi connectivity index (χ0) is 20.6. The number of hydrogen-bond acceptors (Lipinski definition) is 4. The molecule has 2 aromatic carbocycles. The lowest BCUT2D eigenvalue weighted by atomic mass is 9.84. The third kappa shape index (κ3) is 5.70. The molecule has 0 radical (unpaired) electrons. The van der Waals surface area contributed by atoms with E-state index in [1.54, 1.807) is 7.11 Å². The van der Waals surface area contributed by atoms with E-state index in [9.17, 15) is 0 Å². The predicted octanol–water partition coefficient (Wildman–Crippen LogP) is 5.50. The van der Waals surface area contributed by atoms with E-state index < -0.39 is 6.29 Å². The average Bonchev–Trinajstić information content (AvgIpc) is 3.14. The van der Waals surface area contributed by atoms with E-state index in [2.05, 4.69) is 24.3 Å². The average molecular weight is 411 g/mol. The number of methoxy groups -OCH3 is 1. The molecule has 1 aliphatic heterocycles. The van der Waals surface area contributed by atoms with Crippen LogP contribution in [0.15, 0.2) is 60.7 Å². The second kappa shape index (κ2) is 11.1. The minimum Gasteiger partial charge on any atom is -0.368 e. The van der Waals surface area contributed by atoms with Crippen LogP contribution >= 0.6 is 0 Å². The molecule has 1 heterocycles. The molecule has 0 aromatic heterocycles. The largest absolute Gasteiger partial charge is 0.368 e. The van der Waals surface area contributed by atoms with Gasteiger partial charge in [-0.15, -0.1) is 0 Å². The van der Waals surface area contributed by atoms with E-state index >= 15 is 0 Å². The molecular weight excluding hydrogens is 376 g/mol. The maximum Gasteiger partial charge on any atom is 0.186 e. The summed E-state index contributed by atoms with van der Waals surface area (Å²) in [4.78, 5) is 0. The second-order valence-electron chi connectivity index (χ2n) is 8.54. The van der Waals surface area contributed by atoms with Gasteiger partial charge in [0.2, 0.25) is 0 Å². The van der Waals surface area contributed by atoms with Crippen LogP contribution in [0.1, 0.15) is 49.7 Å².